The summed E-state index contributed by atoms with van der Waals surface area (Å²) in [5.74, 6) is 1.25. The largest absolute Gasteiger partial charge is 0.393 e. The first kappa shape index (κ1) is 25.7. The summed E-state index contributed by atoms with van der Waals surface area (Å²) in [5.41, 5.74) is 3.85. The van der Waals surface area contributed by atoms with Crippen LogP contribution in [0, 0.1) is 17.3 Å². The van der Waals surface area contributed by atoms with Crippen molar-refractivity contribution in [1.82, 2.24) is 0 Å². The van der Waals surface area contributed by atoms with Crippen LogP contribution in [-0.2, 0) is 4.74 Å². The second-order valence-electron chi connectivity index (χ2n) is 11.1. The van der Waals surface area contributed by atoms with Gasteiger partial charge in [-0.05, 0) is 107 Å². The Labute approximate surface area is 197 Å². The van der Waals surface area contributed by atoms with Crippen LogP contribution in [0.15, 0.2) is 35.5 Å². The fraction of sp³-hybridized carbons (Fsp3) is 0.793. The van der Waals surface area contributed by atoms with E-state index in [4.69, 9.17) is 4.74 Å². The molecule has 182 valence electrons. The van der Waals surface area contributed by atoms with Gasteiger partial charge in [-0.2, -0.15) is 0 Å². The van der Waals surface area contributed by atoms with E-state index in [2.05, 4.69) is 46.4 Å². The van der Waals surface area contributed by atoms with Gasteiger partial charge in [0.25, 0.3) is 0 Å². The molecule has 2 N–H and O–H groups in total. The van der Waals surface area contributed by atoms with Crippen LogP contribution < -0.4 is 0 Å². The molecule has 32 heavy (non-hydrogen) atoms. The van der Waals surface area contributed by atoms with Gasteiger partial charge in [-0.15, -0.1) is 0 Å². The molecule has 5 atom stereocenters. The minimum absolute atomic E-state index is 0.207. The molecule has 0 aromatic carbocycles. The second kappa shape index (κ2) is 11.0. The zero-order valence-electron chi connectivity index (χ0n) is 21.2. The lowest BCUT2D eigenvalue weighted by atomic mass is 9.62. The Balaban J connectivity index is 1.60. The van der Waals surface area contributed by atoms with Crippen molar-refractivity contribution in [3.05, 3.63) is 35.5 Å². The topological polar surface area (TPSA) is 49.7 Å². The van der Waals surface area contributed by atoms with Crippen molar-refractivity contribution in [2.45, 2.75) is 123 Å². The number of hydrogen-bond acceptors (Lipinski definition) is 3. The lowest BCUT2D eigenvalue weighted by molar-refractivity contribution is -0.0365. The summed E-state index contributed by atoms with van der Waals surface area (Å²) in [6.45, 7) is 13.9. The zero-order chi connectivity index (χ0) is 23.4. The number of ether oxygens (including phenoxy) is 1. The molecule has 3 aliphatic carbocycles. The molecule has 3 rings (SSSR count). The lowest BCUT2D eigenvalue weighted by Gasteiger charge is -2.44. The molecule has 3 nitrogen and oxygen atoms in total. The smallest absolute Gasteiger partial charge is 0.0643 e. The van der Waals surface area contributed by atoms with Crippen molar-refractivity contribution in [3.8, 4) is 0 Å². The van der Waals surface area contributed by atoms with E-state index in [9.17, 15) is 10.2 Å². The maximum absolute atomic E-state index is 10.5. The maximum Gasteiger partial charge on any atom is 0.0643 e. The van der Waals surface area contributed by atoms with Gasteiger partial charge in [-0.3, -0.25) is 0 Å². The van der Waals surface area contributed by atoms with Crippen molar-refractivity contribution >= 4 is 0 Å². The van der Waals surface area contributed by atoms with Gasteiger partial charge in [0.05, 0.1) is 17.8 Å². The number of hydrogen-bond donors (Lipinski definition) is 2. The molecule has 2 unspecified atom stereocenters. The number of aliphatic hydroxyl groups is 2. The van der Waals surface area contributed by atoms with Gasteiger partial charge in [0.2, 0.25) is 0 Å². The quantitative estimate of drug-likeness (QED) is 0.381. The van der Waals surface area contributed by atoms with Gasteiger partial charge in [0.1, 0.15) is 0 Å². The average Bonchev–Trinajstić information content (AvgIpc) is 3.14. The van der Waals surface area contributed by atoms with Gasteiger partial charge in [0, 0.05) is 6.61 Å². The lowest BCUT2D eigenvalue weighted by Crippen LogP contribution is -2.39. The van der Waals surface area contributed by atoms with Crippen LogP contribution in [0.3, 0.4) is 0 Å². The molecule has 3 aliphatic rings. The van der Waals surface area contributed by atoms with Gasteiger partial charge in [0.15, 0.2) is 0 Å². The van der Waals surface area contributed by atoms with E-state index in [0.717, 1.165) is 51.6 Å². The fourth-order valence-corrected chi connectivity index (χ4v) is 6.84. The summed E-state index contributed by atoms with van der Waals surface area (Å²) in [7, 11) is 0. The molecular weight excluding hydrogens is 396 g/mol. The van der Waals surface area contributed by atoms with Crippen LogP contribution in [0.4, 0.5) is 0 Å². The summed E-state index contributed by atoms with van der Waals surface area (Å²) in [6, 6.07) is 0. The Kier molecular flexibility index (Phi) is 8.85. The van der Waals surface area contributed by atoms with Crippen molar-refractivity contribution in [1.29, 1.82) is 0 Å². The Morgan fingerprint density at radius 2 is 1.94 bits per heavy atom. The van der Waals surface area contributed by atoms with Gasteiger partial charge in [-0.1, -0.05) is 50.6 Å². The Morgan fingerprint density at radius 1 is 1.19 bits per heavy atom. The molecule has 0 bridgehead atoms. The van der Waals surface area contributed by atoms with Gasteiger partial charge < -0.3 is 14.9 Å². The molecule has 0 saturated heterocycles. The summed E-state index contributed by atoms with van der Waals surface area (Å²) >= 11 is 0. The third-order valence-corrected chi connectivity index (χ3v) is 9.28. The first-order chi connectivity index (χ1) is 15.2. The molecule has 0 amide bonds. The van der Waals surface area contributed by atoms with E-state index < -0.39 is 5.60 Å². The summed E-state index contributed by atoms with van der Waals surface area (Å²) in [5, 5.41) is 20.6. The van der Waals surface area contributed by atoms with E-state index in [1.165, 1.54) is 43.3 Å². The summed E-state index contributed by atoms with van der Waals surface area (Å²) < 4.78 is 6.36. The SMILES string of the molecule is C=C1CC[C@H](O)C/C1=C/C=C1\CCC[C@]2(C)C(C(C)OCCCC(O)(CC)CC)CC[C@@H]12. The molecule has 3 saturated carbocycles. The summed E-state index contributed by atoms with van der Waals surface area (Å²) in [6.07, 6.45) is 16.9. The van der Waals surface area contributed by atoms with Crippen LogP contribution in [0.2, 0.25) is 0 Å². The molecule has 3 heteroatoms. The first-order valence-corrected chi connectivity index (χ1v) is 13.3. The molecule has 0 aromatic heterocycles. The van der Waals surface area contributed by atoms with Crippen molar-refractivity contribution in [2.24, 2.45) is 17.3 Å². The highest BCUT2D eigenvalue weighted by atomic mass is 16.5. The molecule has 3 fully saturated rings. The standard InChI is InChI=1S/C29H48O3/c1-6-29(31,7-2)18-9-19-32-22(4)26-15-16-27-23(10-8-17-28(26,27)5)12-13-24-20-25(30)14-11-21(24)3/h12-13,22,25-27,30-31H,3,6-11,14-20H2,1-2,4-5H3/b23-12+,24-13-/t22?,25-,26?,27-,28+/m0/s1. The second-order valence-corrected chi connectivity index (χ2v) is 11.1. The predicted octanol–water partition coefficient (Wildman–Crippen LogP) is 6.89. The van der Waals surface area contributed by atoms with Gasteiger partial charge in [-0.25, -0.2) is 0 Å². The highest BCUT2D eigenvalue weighted by molar-refractivity contribution is 5.36. The zero-order valence-corrected chi connectivity index (χ0v) is 21.2. The predicted molar refractivity (Wildman–Crippen MR) is 134 cm³/mol. The number of aliphatic hydroxyl groups excluding tert-OH is 1. The number of rotatable bonds is 9. The molecular formula is C29H48O3. The number of fused-ring (bicyclic) bond motifs is 1. The Morgan fingerprint density at radius 3 is 2.66 bits per heavy atom. The molecule has 0 aliphatic heterocycles. The van der Waals surface area contributed by atoms with E-state index in [1.807, 2.05) is 0 Å². The van der Waals surface area contributed by atoms with E-state index in [-0.39, 0.29) is 12.2 Å². The van der Waals surface area contributed by atoms with Crippen molar-refractivity contribution in [3.63, 3.8) is 0 Å². The van der Waals surface area contributed by atoms with Gasteiger partial charge >= 0.3 is 0 Å². The molecule has 0 radical (unpaired) electrons. The summed E-state index contributed by atoms with van der Waals surface area (Å²) in [4.78, 5) is 0. The molecule has 0 aromatic rings. The van der Waals surface area contributed by atoms with Crippen LogP contribution in [0.5, 0.6) is 0 Å². The minimum atomic E-state index is -0.520. The van der Waals surface area contributed by atoms with E-state index in [0.29, 0.717) is 17.3 Å². The Bertz CT molecular complexity index is 701. The Hall–Kier alpha value is -0.900. The molecule has 0 heterocycles. The minimum Gasteiger partial charge on any atom is -0.393 e. The third-order valence-electron chi connectivity index (χ3n) is 9.28. The average molecular weight is 445 g/mol. The monoisotopic (exact) mass is 444 g/mol. The van der Waals surface area contributed by atoms with E-state index >= 15 is 0 Å². The van der Waals surface area contributed by atoms with Crippen molar-refractivity contribution in [2.75, 3.05) is 6.61 Å². The molecule has 0 spiro atoms. The van der Waals surface area contributed by atoms with Crippen molar-refractivity contribution < 1.29 is 14.9 Å². The van der Waals surface area contributed by atoms with Crippen LogP contribution in [0.25, 0.3) is 0 Å². The number of allylic oxidation sites excluding steroid dienone is 4. The fourth-order valence-electron chi connectivity index (χ4n) is 6.84. The normalized spacial score (nSPS) is 34.8. The first-order valence-electron chi connectivity index (χ1n) is 13.3. The van der Waals surface area contributed by atoms with Crippen LogP contribution >= 0.6 is 0 Å². The van der Waals surface area contributed by atoms with Crippen LogP contribution in [-0.4, -0.2) is 34.6 Å². The highest BCUT2D eigenvalue weighted by Gasteiger charge is 2.51. The van der Waals surface area contributed by atoms with Crippen LogP contribution in [0.1, 0.15) is 105 Å². The maximum atomic E-state index is 10.5. The highest BCUT2D eigenvalue weighted by Crippen LogP contribution is 2.58. The van der Waals surface area contributed by atoms with E-state index in [1.54, 1.807) is 5.57 Å². The third kappa shape index (κ3) is 5.77.